The molecule has 31 heavy (non-hydrogen) atoms. The summed E-state index contributed by atoms with van der Waals surface area (Å²) in [7, 11) is 0. The van der Waals surface area contributed by atoms with Gasteiger partial charge in [0.2, 0.25) is 0 Å². The lowest BCUT2D eigenvalue weighted by atomic mass is 9.98. The molecule has 4 amide bonds. The lowest BCUT2D eigenvalue weighted by Gasteiger charge is -2.26. The van der Waals surface area contributed by atoms with Crippen LogP contribution in [0.5, 0.6) is 0 Å². The molecule has 1 aromatic heterocycles. The van der Waals surface area contributed by atoms with E-state index in [1.54, 1.807) is 24.3 Å². The van der Waals surface area contributed by atoms with Crippen molar-refractivity contribution in [1.82, 2.24) is 5.32 Å². The van der Waals surface area contributed by atoms with Crippen LogP contribution in [-0.4, -0.2) is 17.8 Å². The molecule has 1 N–H and O–H groups in total. The van der Waals surface area contributed by atoms with Gasteiger partial charge in [-0.05, 0) is 48.2 Å². The van der Waals surface area contributed by atoms with Gasteiger partial charge >= 0.3 is 6.03 Å². The van der Waals surface area contributed by atoms with E-state index in [4.69, 9.17) is 4.42 Å². The lowest BCUT2D eigenvalue weighted by molar-refractivity contribution is -0.122. The maximum absolute atomic E-state index is 13.0. The minimum Gasteiger partial charge on any atom is -0.457 e. The van der Waals surface area contributed by atoms with Crippen LogP contribution in [0.4, 0.5) is 10.5 Å². The SMILES string of the molecule is CC[C@H](C)c1ccc(N2C(=O)NC(=O)/C(=C/c3ccc(-c4ccccc4)o3)C2=O)cc1. The normalized spacial score (nSPS) is 16.5. The molecule has 4 rings (SSSR count). The quantitative estimate of drug-likeness (QED) is 0.464. The second-order valence-corrected chi connectivity index (χ2v) is 7.43. The molecular weight excluding hydrogens is 392 g/mol. The Kier molecular flexibility index (Phi) is 5.54. The van der Waals surface area contributed by atoms with Crippen LogP contribution in [0.3, 0.4) is 0 Å². The highest BCUT2D eigenvalue weighted by Crippen LogP contribution is 2.27. The van der Waals surface area contributed by atoms with Crippen molar-refractivity contribution in [2.75, 3.05) is 4.90 Å². The summed E-state index contributed by atoms with van der Waals surface area (Å²) < 4.78 is 5.78. The Morgan fingerprint density at radius 3 is 2.35 bits per heavy atom. The third kappa shape index (κ3) is 4.05. The highest BCUT2D eigenvalue weighted by Gasteiger charge is 2.37. The zero-order chi connectivity index (χ0) is 22.0. The summed E-state index contributed by atoms with van der Waals surface area (Å²) in [5.74, 6) is -0.110. The van der Waals surface area contributed by atoms with Crippen LogP contribution >= 0.6 is 0 Å². The van der Waals surface area contributed by atoms with Crippen LogP contribution < -0.4 is 10.2 Å². The van der Waals surface area contributed by atoms with Crippen LogP contribution in [0.1, 0.15) is 37.5 Å². The Morgan fingerprint density at radius 2 is 1.68 bits per heavy atom. The number of imide groups is 2. The van der Waals surface area contributed by atoms with Gasteiger partial charge in [0, 0.05) is 5.56 Å². The van der Waals surface area contributed by atoms with Crippen LogP contribution in [0.25, 0.3) is 17.4 Å². The average molecular weight is 414 g/mol. The van der Waals surface area contributed by atoms with Crippen molar-refractivity contribution in [2.24, 2.45) is 0 Å². The fraction of sp³-hybridized carbons (Fsp3) is 0.160. The number of urea groups is 1. The largest absolute Gasteiger partial charge is 0.457 e. The van der Waals surface area contributed by atoms with Crippen LogP contribution in [0, 0.1) is 0 Å². The maximum Gasteiger partial charge on any atom is 0.335 e. The van der Waals surface area contributed by atoms with Crippen molar-refractivity contribution in [3.05, 3.63) is 83.6 Å². The van der Waals surface area contributed by atoms with Gasteiger partial charge in [-0.3, -0.25) is 14.9 Å². The number of carbonyl (C=O) groups excluding carboxylic acids is 3. The molecular formula is C25H22N2O4. The number of hydrogen-bond acceptors (Lipinski definition) is 4. The first kappa shape index (κ1) is 20.3. The van der Waals surface area contributed by atoms with Gasteiger partial charge in [0.1, 0.15) is 17.1 Å². The molecule has 1 saturated heterocycles. The summed E-state index contributed by atoms with van der Waals surface area (Å²) in [5, 5.41) is 2.23. The number of nitrogens with zero attached hydrogens (tertiary/aromatic N) is 1. The number of hydrogen-bond donors (Lipinski definition) is 1. The van der Waals surface area contributed by atoms with E-state index < -0.39 is 17.8 Å². The molecule has 1 fully saturated rings. The van der Waals surface area contributed by atoms with Gasteiger partial charge in [0.25, 0.3) is 11.8 Å². The number of nitrogens with one attached hydrogen (secondary N) is 1. The van der Waals surface area contributed by atoms with E-state index in [-0.39, 0.29) is 5.57 Å². The van der Waals surface area contributed by atoms with Crippen molar-refractivity contribution in [1.29, 1.82) is 0 Å². The molecule has 0 spiro atoms. The summed E-state index contributed by atoms with van der Waals surface area (Å²) in [6.07, 6.45) is 2.34. The molecule has 0 bridgehead atoms. The van der Waals surface area contributed by atoms with Crippen molar-refractivity contribution >= 4 is 29.6 Å². The predicted molar refractivity (Wildman–Crippen MR) is 118 cm³/mol. The van der Waals surface area contributed by atoms with E-state index in [2.05, 4.69) is 19.2 Å². The topological polar surface area (TPSA) is 79.6 Å². The van der Waals surface area contributed by atoms with E-state index >= 15 is 0 Å². The van der Waals surface area contributed by atoms with Gasteiger partial charge in [0.05, 0.1) is 5.69 Å². The Labute approximate surface area is 180 Å². The number of benzene rings is 2. The summed E-state index contributed by atoms with van der Waals surface area (Å²) in [6, 6.07) is 19.4. The van der Waals surface area contributed by atoms with E-state index in [9.17, 15) is 14.4 Å². The number of barbiturate groups is 1. The summed E-state index contributed by atoms with van der Waals surface area (Å²) >= 11 is 0. The van der Waals surface area contributed by atoms with Gasteiger partial charge in [-0.15, -0.1) is 0 Å². The zero-order valence-electron chi connectivity index (χ0n) is 17.3. The third-order valence-corrected chi connectivity index (χ3v) is 5.41. The Hall–Kier alpha value is -3.93. The molecule has 0 unspecified atom stereocenters. The molecule has 2 aromatic carbocycles. The molecule has 1 atom stereocenters. The number of rotatable bonds is 5. The van der Waals surface area contributed by atoms with E-state index in [1.807, 2.05) is 42.5 Å². The van der Waals surface area contributed by atoms with Gasteiger partial charge in [0.15, 0.2) is 0 Å². The Bertz CT molecular complexity index is 1160. The molecule has 156 valence electrons. The monoisotopic (exact) mass is 414 g/mol. The van der Waals surface area contributed by atoms with Crippen LogP contribution in [-0.2, 0) is 9.59 Å². The Balaban J connectivity index is 1.63. The second-order valence-electron chi connectivity index (χ2n) is 7.43. The number of anilines is 1. The van der Waals surface area contributed by atoms with Crippen LogP contribution in [0.2, 0.25) is 0 Å². The molecule has 0 saturated carbocycles. The lowest BCUT2D eigenvalue weighted by Crippen LogP contribution is -2.54. The molecule has 6 heteroatoms. The number of amides is 4. The smallest absolute Gasteiger partial charge is 0.335 e. The summed E-state index contributed by atoms with van der Waals surface area (Å²) in [5.41, 5.74) is 2.23. The minimum absolute atomic E-state index is 0.167. The molecule has 1 aliphatic rings. The molecule has 0 radical (unpaired) electrons. The first-order chi connectivity index (χ1) is 15.0. The number of furan rings is 1. The van der Waals surface area contributed by atoms with E-state index in [1.165, 1.54) is 6.08 Å². The van der Waals surface area contributed by atoms with Crippen LogP contribution in [0.15, 0.2) is 76.7 Å². The van der Waals surface area contributed by atoms with E-state index in [0.29, 0.717) is 23.1 Å². The van der Waals surface area contributed by atoms with Crippen molar-refractivity contribution in [2.45, 2.75) is 26.2 Å². The van der Waals surface area contributed by atoms with Gasteiger partial charge in [-0.2, -0.15) is 0 Å². The fourth-order valence-electron chi connectivity index (χ4n) is 3.41. The highest BCUT2D eigenvalue weighted by molar-refractivity contribution is 6.39. The molecule has 2 heterocycles. The fourth-order valence-corrected chi connectivity index (χ4v) is 3.41. The molecule has 0 aliphatic carbocycles. The first-order valence-corrected chi connectivity index (χ1v) is 10.1. The highest BCUT2D eigenvalue weighted by atomic mass is 16.3. The zero-order valence-corrected chi connectivity index (χ0v) is 17.3. The standard InChI is InChI=1S/C25H22N2O4/c1-3-16(2)17-9-11-19(12-10-17)27-24(29)21(23(28)26-25(27)30)15-20-13-14-22(31-20)18-7-5-4-6-8-18/h4-16H,3H2,1-2H3,(H,26,28,30)/b21-15-/t16-/m0/s1. The van der Waals surface area contributed by atoms with E-state index in [0.717, 1.165) is 22.4 Å². The second kappa shape index (κ2) is 8.44. The third-order valence-electron chi connectivity index (χ3n) is 5.41. The maximum atomic E-state index is 13.0. The first-order valence-electron chi connectivity index (χ1n) is 10.1. The predicted octanol–water partition coefficient (Wildman–Crippen LogP) is 5.13. The van der Waals surface area contributed by atoms with Gasteiger partial charge in [-0.25, -0.2) is 9.69 Å². The average Bonchev–Trinajstić information content (AvgIpc) is 3.26. The molecule has 6 nitrogen and oxygen atoms in total. The van der Waals surface area contributed by atoms with Crippen molar-refractivity contribution in [3.8, 4) is 11.3 Å². The van der Waals surface area contributed by atoms with Crippen molar-refractivity contribution in [3.63, 3.8) is 0 Å². The summed E-state index contributed by atoms with van der Waals surface area (Å²) in [4.78, 5) is 38.8. The molecule has 3 aromatic rings. The van der Waals surface area contributed by atoms with Gasteiger partial charge < -0.3 is 4.42 Å². The minimum atomic E-state index is -0.771. The van der Waals surface area contributed by atoms with Crippen molar-refractivity contribution < 1.29 is 18.8 Å². The summed E-state index contributed by atoms with van der Waals surface area (Å²) in [6.45, 7) is 4.21. The van der Waals surface area contributed by atoms with Gasteiger partial charge in [-0.1, -0.05) is 56.3 Å². The number of carbonyl (C=O) groups is 3. The Morgan fingerprint density at radius 1 is 0.968 bits per heavy atom. The molecule has 1 aliphatic heterocycles.